The number of hydrogen-bond donors (Lipinski definition) is 0. The lowest BCUT2D eigenvalue weighted by Gasteiger charge is -2.08. The van der Waals surface area contributed by atoms with Crippen LogP contribution < -0.4 is 0 Å². The third kappa shape index (κ3) is 1.68. The summed E-state index contributed by atoms with van der Waals surface area (Å²) in [6.07, 6.45) is 0. The molecule has 0 bridgehead atoms. The predicted molar refractivity (Wildman–Crippen MR) is 59.1 cm³/mol. The van der Waals surface area contributed by atoms with Gasteiger partial charge in [0.15, 0.2) is 0 Å². The second-order valence-electron chi connectivity index (χ2n) is 3.18. The molecule has 0 saturated carbocycles. The molecular weight excluding hydrogens is 270 g/mol. The minimum absolute atomic E-state index is 0.116. The van der Waals surface area contributed by atoms with Crippen molar-refractivity contribution in [1.29, 1.82) is 0 Å². The third-order valence-corrected chi connectivity index (χ3v) is 3.45. The molecule has 0 aliphatic rings. The molecule has 2 rings (SSSR count). The first-order valence-corrected chi connectivity index (χ1v) is 5.71. The van der Waals surface area contributed by atoms with Crippen molar-refractivity contribution in [3.63, 3.8) is 0 Å². The van der Waals surface area contributed by atoms with E-state index in [0.29, 0.717) is 5.39 Å². The average Bonchev–Trinajstić information content (AvgIpc) is 2.45. The van der Waals surface area contributed by atoms with Gasteiger partial charge in [0, 0.05) is 32.4 Å². The van der Waals surface area contributed by atoms with Crippen molar-refractivity contribution in [3.05, 3.63) is 33.6 Å². The van der Waals surface area contributed by atoms with Crippen LogP contribution in [0.3, 0.4) is 0 Å². The van der Waals surface area contributed by atoms with Gasteiger partial charge in [-0.25, -0.2) is 8.78 Å². The smallest absolute Gasteiger partial charge is 0.202 e. The van der Waals surface area contributed by atoms with Gasteiger partial charge in [-0.15, -0.1) is 11.3 Å². The number of alkyl halides is 2. The maximum Gasteiger partial charge on any atom is 0.271 e. The van der Waals surface area contributed by atoms with Crippen molar-refractivity contribution in [1.82, 2.24) is 0 Å². The van der Waals surface area contributed by atoms with Crippen LogP contribution in [0.1, 0.15) is 12.5 Å². The molecule has 0 amide bonds. The second-order valence-corrected chi connectivity index (χ2v) is 5.01. The van der Waals surface area contributed by atoms with Crippen molar-refractivity contribution in [3.8, 4) is 0 Å². The monoisotopic (exact) mass is 276 g/mol. The summed E-state index contributed by atoms with van der Waals surface area (Å²) in [5, 5.41) is 2.17. The Labute approximate surface area is 92.7 Å². The van der Waals surface area contributed by atoms with Crippen molar-refractivity contribution in [2.75, 3.05) is 0 Å². The van der Waals surface area contributed by atoms with Gasteiger partial charge in [0.05, 0.1) is 0 Å². The molecule has 0 atom stereocenters. The fourth-order valence-corrected chi connectivity index (χ4v) is 2.93. The topological polar surface area (TPSA) is 0 Å². The Bertz CT molecular complexity index is 470. The maximum absolute atomic E-state index is 13.1. The van der Waals surface area contributed by atoms with E-state index in [9.17, 15) is 8.78 Å². The first-order chi connectivity index (χ1) is 6.48. The van der Waals surface area contributed by atoms with Gasteiger partial charge in [-0.3, -0.25) is 0 Å². The van der Waals surface area contributed by atoms with E-state index < -0.39 is 5.92 Å². The lowest BCUT2D eigenvalue weighted by Crippen LogP contribution is -2.05. The molecule has 14 heavy (non-hydrogen) atoms. The molecule has 0 radical (unpaired) electrons. The van der Waals surface area contributed by atoms with Crippen molar-refractivity contribution in [2.24, 2.45) is 0 Å². The normalized spacial score (nSPS) is 12.3. The van der Waals surface area contributed by atoms with Crippen LogP contribution in [0.2, 0.25) is 0 Å². The molecule has 0 unspecified atom stereocenters. The van der Waals surface area contributed by atoms with E-state index in [1.165, 1.54) is 16.7 Å². The molecule has 74 valence electrons. The molecule has 2 aromatic rings. The van der Waals surface area contributed by atoms with Gasteiger partial charge in [-0.2, -0.15) is 0 Å². The summed E-state index contributed by atoms with van der Waals surface area (Å²) in [5.74, 6) is -2.76. The third-order valence-electron chi connectivity index (χ3n) is 2.01. The second kappa shape index (κ2) is 3.28. The Morgan fingerprint density at radius 2 is 2.07 bits per heavy atom. The minimum atomic E-state index is -2.76. The molecule has 1 heterocycles. The molecule has 1 aromatic carbocycles. The van der Waals surface area contributed by atoms with Gasteiger partial charge in [0.25, 0.3) is 5.92 Å². The summed E-state index contributed by atoms with van der Waals surface area (Å²) in [5.41, 5.74) is 0.116. The summed E-state index contributed by atoms with van der Waals surface area (Å²) in [6, 6.07) is 5.36. The zero-order valence-electron chi connectivity index (χ0n) is 7.35. The highest BCUT2D eigenvalue weighted by Crippen LogP contribution is 2.37. The molecule has 0 nitrogen and oxygen atoms in total. The van der Waals surface area contributed by atoms with Crippen LogP contribution in [-0.4, -0.2) is 0 Å². The van der Waals surface area contributed by atoms with Crippen LogP contribution >= 0.6 is 27.3 Å². The Kier molecular flexibility index (Phi) is 2.35. The quantitative estimate of drug-likeness (QED) is 0.704. The zero-order chi connectivity index (χ0) is 10.3. The van der Waals surface area contributed by atoms with Gasteiger partial charge in [-0.05, 0) is 12.1 Å². The standard InChI is InChI=1S/C10H7BrF2S/c1-10(12,13)8-5-14-9-4-6(11)2-3-7(8)9/h2-5H,1H3. The highest BCUT2D eigenvalue weighted by molar-refractivity contribution is 9.10. The summed E-state index contributed by atoms with van der Waals surface area (Å²) in [4.78, 5) is 0. The van der Waals surface area contributed by atoms with Gasteiger partial charge in [-0.1, -0.05) is 22.0 Å². The van der Waals surface area contributed by atoms with E-state index in [1.54, 1.807) is 12.1 Å². The first-order valence-electron chi connectivity index (χ1n) is 4.03. The molecule has 0 aliphatic carbocycles. The van der Waals surface area contributed by atoms with Crippen LogP contribution in [0, 0.1) is 0 Å². The van der Waals surface area contributed by atoms with Crippen LogP contribution in [0.4, 0.5) is 8.78 Å². The Balaban J connectivity index is 2.70. The number of rotatable bonds is 1. The number of fused-ring (bicyclic) bond motifs is 1. The molecule has 0 N–H and O–H groups in total. The fraction of sp³-hybridized carbons (Fsp3) is 0.200. The van der Waals surface area contributed by atoms with Crippen LogP contribution in [0.5, 0.6) is 0 Å². The molecule has 4 heteroatoms. The highest BCUT2D eigenvalue weighted by atomic mass is 79.9. The van der Waals surface area contributed by atoms with Gasteiger partial charge < -0.3 is 0 Å². The molecular formula is C10H7BrF2S. The highest BCUT2D eigenvalue weighted by Gasteiger charge is 2.27. The molecule has 0 fully saturated rings. The van der Waals surface area contributed by atoms with Crippen LogP contribution in [-0.2, 0) is 5.92 Å². The average molecular weight is 277 g/mol. The number of thiophene rings is 1. The van der Waals surface area contributed by atoms with Gasteiger partial charge in [0.2, 0.25) is 0 Å². The number of hydrogen-bond acceptors (Lipinski definition) is 1. The summed E-state index contributed by atoms with van der Waals surface area (Å²) < 4.78 is 28.0. The summed E-state index contributed by atoms with van der Waals surface area (Å²) in [6.45, 7) is 0.927. The van der Waals surface area contributed by atoms with E-state index in [4.69, 9.17) is 0 Å². The molecule has 0 saturated heterocycles. The molecule has 1 aromatic heterocycles. The Hall–Kier alpha value is -0.480. The predicted octanol–water partition coefficient (Wildman–Crippen LogP) is 4.78. The summed E-state index contributed by atoms with van der Waals surface area (Å²) in [7, 11) is 0. The van der Waals surface area contributed by atoms with Crippen molar-refractivity contribution in [2.45, 2.75) is 12.8 Å². The van der Waals surface area contributed by atoms with Crippen molar-refractivity contribution >= 4 is 37.4 Å². The summed E-state index contributed by atoms with van der Waals surface area (Å²) >= 11 is 4.66. The van der Waals surface area contributed by atoms with E-state index in [0.717, 1.165) is 16.1 Å². The fourth-order valence-electron chi connectivity index (χ4n) is 1.34. The number of benzene rings is 1. The van der Waals surface area contributed by atoms with Gasteiger partial charge in [0.1, 0.15) is 0 Å². The van der Waals surface area contributed by atoms with Crippen LogP contribution in [0.25, 0.3) is 10.1 Å². The Morgan fingerprint density at radius 3 is 2.71 bits per heavy atom. The SMILES string of the molecule is CC(F)(F)c1csc2cc(Br)ccc12. The maximum atomic E-state index is 13.1. The molecule has 0 spiro atoms. The van der Waals surface area contributed by atoms with E-state index >= 15 is 0 Å². The lowest BCUT2D eigenvalue weighted by atomic mass is 10.1. The largest absolute Gasteiger partial charge is 0.271 e. The van der Waals surface area contributed by atoms with Crippen LogP contribution in [0.15, 0.2) is 28.1 Å². The van der Waals surface area contributed by atoms with E-state index in [1.807, 2.05) is 6.07 Å². The van der Waals surface area contributed by atoms with Crippen molar-refractivity contribution < 1.29 is 8.78 Å². The number of halogens is 3. The minimum Gasteiger partial charge on any atom is -0.202 e. The van der Waals surface area contributed by atoms with E-state index in [2.05, 4.69) is 15.9 Å². The zero-order valence-corrected chi connectivity index (χ0v) is 9.75. The van der Waals surface area contributed by atoms with Gasteiger partial charge >= 0.3 is 0 Å². The molecule has 0 aliphatic heterocycles. The first kappa shape index (κ1) is 10.1. The van der Waals surface area contributed by atoms with E-state index in [-0.39, 0.29) is 5.56 Å². The Morgan fingerprint density at radius 1 is 1.36 bits per heavy atom. The lowest BCUT2D eigenvalue weighted by molar-refractivity contribution is 0.0195.